The summed E-state index contributed by atoms with van der Waals surface area (Å²) in [5.41, 5.74) is 1.47. The van der Waals surface area contributed by atoms with Crippen LogP contribution in [0.25, 0.3) is 10.9 Å². The quantitative estimate of drug-likeness (QED) is 0.316. The van der Waals surface area contributed by atoms with Crippen molar-refractivity contribution in [1.82, 2.24) is 25.2 Å². The molecule has 8 nitrogen and oxygen atoms in total. The van der Waals surface area contributed by atoms with Gasteiger partial charge in [0.2, 0.25) is 12.3 Å². The molecule has 3 heterocycles. The van der Waals surface area contributed by atoms with E-state index in [9.17, 15) is 18.0 Å². The minimum Gasteiger partial charge on any atom is -0.439 e. The van der Waals surface area contributed by atoms with E-state index in [1.54, 1.807) is 6.33 Å². The van der Waals surface area contributed by atoms with Crippen molar-refractivity contribution in [3.8, 4) is 11.6 Å². The van der Waals surface area contributed by atoms with Crippen molar-refractivity contribution in [2.45, 2.75) is 25.2 Å². The summed E-state index contributed by atoms with van der Waals surface area (Å²) in [5.74, 6) is 1.35. The Morgan fingerprint density at radius 1 is 1.16 bits per heavy atom. The zero-order valence-electron chi connectivity index (χ0n) is 20.1. The highest BCUT2D eigenvalue weighted by molar-refractivity contribution is 5.81. The highest BCUT2D eigenvalue weighted by Gasteiger charge is 2.30. The second kappa shape index (κ2) is 11.8. The number of amides is 1. The van der Waals surface area contributed by atoms with Gasteiger partial charge in [-0.05, 0) is 55.4 Å². The van der Waals surface area contributed by atoms with Gasteiger partial charge < -0.3 is 25.3 Å². The number of hydrogen-bond donors (Lipinski definition) is 3. The molecular formula is C26H27F3N6O2. The van der Waals surface area contributed by atoms with Crippen LogP contribution < -0.4 is 20.7 Å². The first kappa shape index (κ1) is 26.1. The fourth-order valence-corrected chi connectivity index (χ4v) is 3.90. The first-order valence-electron chi connectivity index (χ1n) is 11.7. The number of anilines is 1. The maximum atomic E-state index is 12.1. The lowest BCUT2D eigenvalue weighted by Gasteiger charge is -2.11. The molecule has 2 aromatic carbocycles. The molecule has 1 atom stereocenters. The van der Waals surface area contributed by atoms with E-state index >= 15 is 0 Å². The normalized spacial score (nSPS) is 15.2. The Kier molecular flexibility index (Phi) is 8.36. The van der Waals surface area contributed by atoms with Crippen LogP contribution in [0.15, 0.2) is 67.1 Å². The molecule has 3 N–H and O–H groups in total. The molecule has 2 aromatic heterocycles. The van der Waals surface area contributed by atoms with E-state index in [2.05, 4.69) is 42.6 Å². The minimum atomic E-state index is -4.37. The topological polar surface area (TPSA) is 93.1 Å². The number of halogens is 3. The van der Waals surface area contributed by atoms with Gasteiger partial charge in [-0.3, -0.25) is 4.79 Å². The monoisotopic (exact) mass is 512 g/mol. The predicted molar refractivity (Wildman–Crippen MR) is 134 cm³/mol. The van der Waals surface area contributed by atoms with Crippen molar-refractivity contribution < 1.29 is 22.7 Å². The van der Waals surface area contributed by atoms with Gasteiger partial charge in [-0.2, -0.15) is 13.2 Å². The lowest BCUT2D eigenvalue weighted by molar-refractivity contribution is -0.137. The first-order chi connectivity index (χ1) is 17.8. The molecule has 1 aliphatic heterocycles. The van der Waals surface area contributed by atoms with E-state index in [0.717, 1.165) is 55.0 Å². The van der Waals surface area contributed by atoms with Gasteiger partial charge in [0.05, 0.1) is 11.3 Å². The Morgan fingerprint density at radius 2 is 2.03 bits per heavy atom. The summed E-state index contributed by atoms with van der Waals surface area (Å²) < 4.78 is 44.3. The summed E-state index contributed by atoms with van der Waals surface area (Å²) in [6.45, 7) is 2.83. The van der Waals surface area contributed by atoms with Crippen molar-refractivity contribution in [2.24, 2.45) is 7.05 Å². The van der Waals surface area contributed by atoms with Crippen LogP contribution >= 0.6 is 0 Å². The van der Waals surface area contributed by atoms with Gasteiger partial charge in [-0.1, -0.05) is 6.07 Å². The molecular weight excluding hydrogens is 485 g/mol. The molecule has 5 rings (SSSR count). The van der Waals surface area contributed by atoms with Gasteiger partial charge in [0.15, 0.2) is 0 Å². The highest BCUT2D eigenvalue weighted by Crippen LogP contribution is 2.30. The molecule has 0 spiro atoms. The number of carbonyl (C=O) groups is 1. The van der Waals surface area contributed by atoms with Crippen molar-refractivity contribution in [1.29, 1.82) is 0 Å². The molecule has 4 aromatic rings. The number of nitrogens with one attached hydrogen (secondary N) is 3. The maximum Gasteiger partial charge on any atom is 0.416 e. The van der Waals surface area contributed by atoms with Gasteiger partial charge in [0.1, 0.15) is 12.1 Å². The molecule has 37 heavy (non-hydrogen) atoms. The Labute approximate surface area is 211 Å². The van der Waals surface area contributed by atoms with E-state index in [0.29, 0.717) is 18.3 Å². The maximum absolute atomic E-state index is 12.1. The third-order valence-corrected chi connectivity index (χ3v) is 5.83. The lowest BCUT2D eigenvalue weighted by atomic mass is 10.2. The number of rotatable bonds is 7. The van der Waals surface area contributed by atoms with Crippen molar-refractivity contribution in [2.75, 3.05) is 18.4 Å². The van der Waals surface area contributed by atoms with Gasteiger partial charge in [-0.25, -0.2) is 9.97 Å². The summed E-state index contributed by atoms with van der Waals surface area (Å²) >= 11 is 0. The molecule has 1 saturated heterocycles. The average Bonchev–Trinajstić information content (AvgIpc) is 3.53. The van der Waals surface area contributed by atoms with E-state index in [4.69, 9.17) is 4.74 Å². The average molecular weight is 513 g/mol. The van der Waals surface area contributed by atoms with E-state index in [-0.39, 0.29) is 5.69 Å². The molecule has 0 radical (unpaired) electrons. The number of aryl methyl sites for hydroxylation is 1. The summed E-state index contributed by atoms with van der Waals surface area (Å²) in [5, 5.41) is 10.1. The largest absolute Gasteiger partial charge is 0.439 e. The van der Waals surface area contributed by atoms with Crippen LogP contribution in [0.1, 0.15) is 17.7 Å². The smallest absolute Gasteiger partial charge is 0.416 e. The number of benzene rings is 2. The first-order valence-corrected chi connectivity index (χ1v) is 11.7. The summed E-state index contributed by atoms with van der Waals surface area (Å²) in [6, 6.07) is 15.0. The number of aromatic nitrogens is 3. The number of nitrogens with zero attached hydrogens (tertiary/aromatic N) is 3. The molecule has 0 bridgehead atoms. The van der Waals surface area contributed by atoms with Crippen LogP contribution in [0.5, 0.6) is 11.6 Å². The van der Waals surface area contributed by atoms with Crippen LogP contribution in [0.4, 0.5) is 18.9 Å². The van der Waals surface area contributed by atoms with Gasteiger partial charge in [0, 0.05) is 55.0 Å². The van der Waals surface area contributed by atoms with E-state index in [1.165, 1.54) is 17.6 Å². The zero-order chi connectivity index (χ0) is 26.3. The Hall–Kier alpha value is -3.96. The Balaban J connectivity index is 0.000000209. The molecule has 1 fully saturated rings. The second-order valence-corrected chi connectivity index (χ2v) is 8.51. The third kappa shape index (κ3) is 7.28. The van der Waals surface area contributed by atoms with Crippen LogP contribution in [0, 0.1) is 0 Å². The zero-order valence-corrected chi connectivity index (χ0v) is 20.1. The molecule has 1 amide bonds. The number of ether oxygens (including phenoxy) is 1. The second-order valence-electron chi connectivity index (χ2n) is 8.51. The van der Waals surface area contributed by atoms with Crippen LogP contribution in [0.2, 0.25) is 0 Å². The minimum absolute atomic E-state index is 0.129. The summed E-state index contributed by atoms with van der Waals surface area (Å²) in [6.07, 6.45) is 0.711. The number of carbonyl (C=O) groups excluding carboxylic acids is 1. The third-order valence-electron chi connectivity index (χ3n) is 5.83. The lowest BCUT2D eigenvalue weighted by Crippen LogP contribution is -2.30. The van der Waals surface area contributed by atoms with Gasteiger partial charge in [-0.15, -0.1) is 0 Å². The van der Waals surface area contributed by atoms with E-state index < -0.39 is 11.7 Å². The van der Waals surface area contributed by atoms with Crippen LogP contribution in [-0.2, 0) is 24.6 Å². The molecule has 11 heteroatoms. The highest BCUT2D eigenvalue weighted by atomic mass is 19.4. The number of hydrogen-bond acceptors (Lipinski definition) is 6. The van der Waals surface area contributed by atoms with Crippen LogP contribution in [0.3, 0.4) is 0 Å². The fraction of sp³-hybridized carbons (Fsp3) is 0.269. The van der Waals surface area contributed by atoms with Crippen molar-refractivity contribution in [3.63, 3.8) is 0 Å². The molecule has 1 unspecified atom stereocenters. The number of alkyl halides is 3. The standard InChI is InChI=1S/C18H21N5O.C8H6F3NO/c1-23-7-5-13-8-16(2-3-17(13)23)24-18-9-15(21-12-22-18)11-20-14-4-6-19-10-14;9-8(10,11)6-2-1-3-7(4-6)12-5-13/h2-3,5,7-9,12,14,19-20H,4,6,10-11H2,1H3;1-5H,(H,12,13). The summed E-state index contributed by atoms with van der Waals surface area (Å²) in [7, 11) is 2.03. The van der Waals surface area contributed by atoms with Gasteiger partial charge >= 0.3 is 6.18 Å². The molecule has 0 saturated carbocycles. The molecule has 1 aliphatic rings. The predicted octanol–water partition coefficient (Wildman–Crippen LogP) is 4.49. The summed E-state index contributed by atoms with van der Waals surface area (Å²) in [4.78, 5) is 18.5. The van der Waals surface area contributed by atoms with Crippen molar-refractivity contribution >= 4 is 23.0 Å². The van der Waals surface area contributed by atoms with Gasteiger partial charge in [0.25, 0.3) is 0 Å². The molecule has 194 valence electrons. The molecule has 0 aliphatic carbocycles. The van der Waals surface area contributed by atoms with Crippen LogP contribution in [-0.4, -0.2) is 40.1 Å². The Morgan fingerprint density at radius 3 is 2.78 bits per heavy atom. The van der Waals surface area contributed by atoms with Crippen molar-refractivity contribution in [3.05, 3.63) is 78.4 Å². The number of fused-ring (bicyclic) bond motifs is 1. The van der Waals surface area contributed by atoms with E-state index in [1.807, 2.05) is 31.4 Å². The fourth-order valence-electron chi connectivity index (χ4n) is 3.90. The Bertz CT molecular complexity index is 1340. The SMILES string of the molecule is Cn1ccc2cc(Oc3cc(CNC4CCNC4)ncn3)ccc21.O=CNc1cccc(C(F)(F)F)c1.